The lowest BCUT2D eigenvalue weighted by Crippen LogP contribution is -2.27. The number of hydrogen-bond donors (Lipinski definition) is 0. The van der Waals surface area contributed by atoms with Crippen molar-refractivity contribution in [2.45, 2.75) is 24.1 Å². The number of carbonyl (C=O) groups excluding carboxylic acids is 1. The second-order valence-electron chi connectivity index (χ2n) is 7.20. The van der Waals surface area contributed by atoms with E-state index in [1.807, 2.05) is 73.7 Å². The summed E-state index contributed by atoms with van der Waals surface area (Å²) in [4.78, 5) is 24.8. The smallest absolute Gasteiger partial charge is 0.254 e. The molecule has 0 spiro atoms. The highest BCUT2D eigenvalue weighted by molar-refractivity contribution is 7.98. The number of fused-ring (bicyclic) bond motifs is 1. The van der Waals surface area contributed by atoms with Crippen LogP contribution in [0.15, 0.2) is 83.8 Å². The van der Waals surface area contributed by atoms with Crippen molar-refractivity contribution in [1.82, 2.24) is 14.9 Å². The van der Waals surface area contributed by atoms with Crippen molar-refractivity contribution in [2.24, 2.45) is 0 Å². The standard InChI is InChI=1S/C25H23N3OS/c1-18-22-10-6-7-11-23(22)27-24(26-18)16-28(2)25(29)20-12-14-21(15-13-20)30-17-19-8-4-3-5-9-19/h3-15H,16-17H2,1-2H3. The normalized spacial score (nSPS) is 10.9. The zero-order chi connectivity index (χ0) is 20.9. The minimum atomic E-state index is -0.0379. The molecule has 0 aliphatic rings. The number of nitrogens with zero attached hydrogens (tertiary/aromatic N) is 3. The largest absolute Gasteiger partial charge is 0.334 e. The maximum atomic E-state index is 12.9. The van der Waals surface area contributed by atoms with Crippen molar-refractivity contribution in [3.63, 3.8) is 0 Å². The van der Waals surface area contributed by atoms with Crippen LogP contribution in [0, 0.1) is 6.92 Å². The zero-order valence-electron chi connectivity index (χ0n) is 17.1. The molecule has 1 amide bonds. The average Bonchev–Trinajstić information content (AvgIpc) is 2.78. The van der Waals surface area contributed by atoms with Gasteiger partial charge in [-0.2, -0.15) is 0 Å². The quantitative estimate of drug-likeness (QED) is 0.392. The minimum absolute atomic E-state index is 0.0379. The summed E-state index contributed by atoms with van der Waals surface area (Å²) in [5.74, 6) is 1.52. The molecule has 0 fully saturated rings. The number of para-hydroxylation sites is 1. The molecule has 5 heteroatoms. The SMILES string of the molecule is Cc1nc(CN(C)C(=O)c2ccc(SCc3ccccc3)cc2)nc2ccccc12. The Hall–Kier alpha value is -3.18. The van der Waals surface area contributed by atoms with Crippen LogP contribution in [-0.2, 0) is 12.3 Å². The molecule has 0 aliphatic carbocycles. The highest BCUT2D eigenvalue weighted by Gasteiger charge is 2.14. The summed E-state index contributed by atoms with van der Waals surface area (Å²) < 4.78 is 0. The van der Waals surface area contributed by atoms with E-state index in [1.54, 1.807) is 23.7 Å². The van der Waals surface area contributed by atoms with E-state index < -0.39 is 0 Å². The molecule has 0 aliphatic heterocycles. The first-order chi connectivity index (χ1) is 14.6. The molecule has 150 valence electrons. The molecule has 0 bridgehead atoms. The van der Waals surface area contributed by atoms with Gasteiger partial charge in [0.05, 0.1) is 12.1 Å². The first-order valence-corrected chi connectivity index (χ1v) is 10.8. The Kier molecular flexibility index (Phi) is 6.10. The van der Waals surface area contributed by atoms with E-state index in [9.17, 15) is 4.79 Å². The Morgan fingerprint density at radius 3 is 2.37 bits per heavy atom. The lowest BCUT2D eigenvalue weighted by atomic mass is 10.2. The van der Waals surface area contributed by atoms with Gasteiger partial charge in [-0.1, -0.05) is 48.5 Å². The van der Waals surface area contributed by atoms with Crippen molar-refractivity contribution < 1.29 is 4.79 Å². The van der Waals surface area contributed by atoms with Crippen molar-refractivity contribution in [3.8, 4) is 0 Å². The molecule has 0 saturated carbocycles. The molecular formula is C25H23N3OS. The van der Waals surface area contributed by atoms with Gasteiger partial charge < -0.3 is 4.90 Å². The average molecular weight is 414 g/mol. The summed E-state index contributed by atoms with van der Waals surface area (Å²) in [5, 5.41) is 1.04. The van der Waals surface area contributed by atoms with E-state index in [4.69, 9.17) is 0 Å². The Morgan fingerprint density at radius 1 is 0.900 bits per heavy atom. The number of thioether (sulfide) groups is 1. The second-order valence-corrected chi connectivity index (χ2v) is 8.25. The third-order valence-corrected chi connectivity index (χ3v) is 6.00. The molecule has 4 nitrogen and oxygen atoms in total. The minimum Gasteiger partial charge on any atom is -0.334 e. The summed E-state index contributed by atoms with van der Waals surface area (Å²) in [7, 11) is 1.79. The van der Waals surface area contributed by atoms with Gasteiger partial charge in [0, 0.05) is 34.3 Å². The van der Waals surface area contributed by atoms with Crippen LogP contribution in [0.2, 0.25) is 0 Å². The van der Waals surface area contributed by atoms with Crippen molar-refractivity contribution >= 4 is 28.6 Å². The number of aryl methyl sites for hydroxylation is 1. The summed E-state index contributed by atoms with van der Waals surface area (Å²) in [6.45, 7) is 2.34. The highest BCUT2D eigenvalue weighted by Crippen LogP contribution is 2.23. The Balaban J connectivity index is 1.41. The number of hydrogen-bond acceptors (Lipinski definition) is 4. The van der Waals surface area contributed by atoms with Crippen LogP contribution >= 0.6 is 11.8 Å². The van der Waals surface area contributed by atoms with Crippen molar-refractivity contribution in [1.29, 1.82) is 0 Å². The molecule has 4 aromatic rings. The van der Waals surface area contributed by atoms with Crippen molar-refractivity contribution in [3.05, 3.63) is 102 Å². The number of benzene rings is 3. The summed E-state index contributed by atoms with van der Waals surface area (Å²) in [5.41, 5.74) is 3.78. The van der Waals surface area contributed by atoms with Crippen LogP contribution in [0.5, 0.6) is 0 Å². The van der Waals surface area contributed by atoms with Crippen LogP contribution < -0.4 is 0 Å². The lowest BCUT2D eigenvalue weighted by Gasteiger charge is -2.17. The van der Waals surface area contributed by atoms with Gasteiger partial charge in [0.1, 0.15) is 5.82 Å². The lowest BCUT2D eigenvalue weighted by molar-refractivity contribution is 0.0781. The third-order valence-electron chi connectivity index (χ3n) is 4.91. The molecule has 30 heavy (non-hydrogen) atoms. The van der Waals surface area contributed by atoms with Crippen LogP contribution in [0.4, 0.5) is 0 Å². The summed E-state index contributed by atoms with van der Waals surface area (Å²) >= 11 is 1.76. The number of aromatic nitrogens is 2. The van der Waals surface area contributed by atoms with Gasteiger partial charge in [-0.3, -0.25) is 4.79 Å². The maximum absolute atomic E-state index is 12.9. The highest BCUT2D eigenvalue weighted by atomic mass is 32.2. The van der Waals surface area contributed by atoms with E-state index in [0.717, 1.165) is 27.2 Å². The van der Waals surface area contributed by atoms with Crippen LogP contribution in [-0.4, -0.2) is 27.8 Å². The fourth-order valence-corrected chi connectivity index (χ4v) is 4.16. The van der Waals surface area contributed by atoms with Gasteiger partial charge in [-0.15, -0.1) is 11.8 Å². The number of rotatable bonds is 6. The monoisotopic (exact) mass is 413 g/mol. The van der Waals surface area contributed by atoms with Crippen LogP contribution in [0.3, 0.4) is 0 Å². The van der Waals surface area contributed by atoms with E-state index in [2.05, 4.69) is 22.1 Å². The maximum Gasteiger partial charge on any atom is 0.254 e. The Bertz CT molecular complexity index is 1160. The van der Waals surface area contributed by atoms with Gasteiger partial charge in [0.25, 0.3) is 5.91 Å². The molecule has 0 N–H and O–H groups in total. The first-order valence-electron chi connectivity index (χ1n) is 9.84. The zero-order valence-corrected chi connectivity index (χ0v) is 17.9. The molecule has 4 rings (SSSR count). The first kappa shape index (κ1) is 20.1. The molecule has 0 unspecified atom stereocenters. The third kappa shape index (κ3) is 4.69. The van der Waals surface area contributed by atoms with Gasteiger partial charge in [-0.25, -0.2) is 9.97 Å². The van der Waals surface area contributed by atoms with E-state index in [1.165, 1.54) is 5.56 Å². The van der Waals surface area contributed by atoms with Gasteiger partial charge >= 0.3 is 0 Å². The number of carbonyl (C=O) groups is 1. The van der Waals surface area contributed by atoms with Gasteiger partial charge in [0.2, 0.25) is 0 Å². The molecule has 1 heterocycles. The predicted octanol–water partition coefficient (Wildman–Crippen LogP) is 5.50. The summed E-state index contributed by atoms with van der Waals surface area (Å²) in [6, 6.07) is 26.1. The number of amides is 1. The van der Waals surface area contributed by atoms with Crippen molar-refractivity contribution in [2.75, 3.05) is 7.05 Å². The molecule has 3 aromatic carbocycles. The second kappa shape index (κ2) is 9.09. The fourth-order valence-electron chi connectivity index (χ4n) is 3.30. The Labute approximate surface area is 181 Å². The fraction of sp³-hybridized carbons (Fsp3) is 0.160. The van der Waals surface area contributed by atoms with Crippen LogP contribution in [0.1, 0.15) is 27.4 Å². The van der Waals surface area contributed by atoms with E-state index in [-0.39, 0.29) is 5.91 Å². The van der Waals surface area contributed by atoms with Gasteiger partial charge in [0.15, 0.2) is 0 Å². The predicted molar refractivity (Wildman–Crippen MR) is 123 cm³/mol. The Morgan fingerprint density at radius 2 is 1.60 bits per heavy atom. The molecular weight excluding hydrogens is 390 g/mol. The summed E-state index contributed by atoms with van der Waals surface area (Å²) in [6.07, 6.45) is 0. The molecule has 0 radical (unpaired) electrons. The van der Waals surface area contributed by atoms with E-state index >= 15 is 0 Å². The van der Waals surface area contributed by atoms with Gasteiger partial charge in [-0.05, 0) is 42.8 Å². The molecule has 1 aromatic heterocycles. The molecule has 0 saturated heterocycles. The topological polar surface area (TPSA) is 46.1 Å². The van der Waals surface area contributed by atoms with E-state index in [0.29, 0.717) is 17.9 Å². The molecule has 0 atom stereocenters. The van der Waals surface area contributed by atoms with Crippen LogP contribution in [0.25, 0.3) is 10.9 Å².